The number of pyridine rings is 1. The number of hydrogen-bond donors (Lipinski definition) is 1. The molecule has 5 heteroatoms. The van der Waals surface area contributed by atoms with Gasteiger partial charge in [-0.2, -0.15) is 0 Å². The third-order valence-corrected chi connectivity index (χ3v) is 4.52. The quantitative estimate of drug-likeness (QED) is 0.748. The molecule has 4 rings (SSSR count). The van der Waals surface area contributed by atoms with E-state index in [2.05, 4.69) is 17.1 Å². The van der Waals surface area contributed by atoms with Crippen LogP contribution in [-0.4, -0.2) is 26.9 Å². The molecule has 2 aromatic heterocycles. The monoisotopic (exact) mass is 307 g/mol. The van der Waals surface area contributed by atoms with E-state index < -0.39 is 0 Å². The average molecular weight is 307 g/mol. The highest BCUT2D eigenvalue weighted by Crippen LogP contribution is 2.27. The number of aryl methyl sites for hydroxylation is 1. The van der Waals surface area contributed by atoms with Gasteiger partial charge in [-0.25, -0.2) is 0 Å². The number of aromatic nitrogens is 2. The Labute approximate surface area is 133 Å². The van der Waals surface area contributed by atoms with Gasteiger partial charge in [0.05, 0.1) is 6.54 Å². The van der Waals surface area contributed by atoms with E-state index in [1.165, 1.54) is 21.6 Å². The van der Waals surface area contributed by atoms with E-state index >= 15 is 0 Å². The molecule has 1 aromatic carbocycles. The van der Waals surface area contributed by atoms with E-state index in [1.807, 2.05) is 12.1 Å². The Hall–Kier alpha value is -2.82. The van der Waals surface area contributed by atoms with E-state index in [4.69, 9.17) is 0 Å². The molecule has 0 atom stereocenters. The molecular formula is C18H17N3O2. The number of amides is 1. The van der Waals surface area contributed by atoms with Crippen molar-refractivity contribution in [1.29, 1.82) is 0 Å². The van der Waals surface area contributed by atoms with E-state index in [0.717, 1.165) is 17.6 Å². The molecule has 0 bridgehead atoms. The molecule has 1 N–H and O–H groups in total. The lowest BCUT2D eigenvalue weighted by molar-refractivity contribution is 0.0732. The lowest BCUT2D eigenvalue weighted by atomic mass is 10.0. The van der Waals surface area contributed by atoms with Crippen molar-refractivity contribution in [3.8, 4) is 0 Å². The SMILES string of the molecule is Cn1ccc(C(=O)N2CCc3c([nH]c4ccccc34)C2)cc1=O. The van der Waals surface area contributed by atoms with Crippen molar-refractivity contribution in [2.24, 2.45) is 7.05 Å². The van der Waals surface area contributed by atoms with E-state index in [0.29, 0.717) is 18.7 Å². The summed E-state index contributed by atoms with van der Waals surface area (Å²) in [6.07, 6.45) is 2.46. The maximum Gasteiger partial charge on any atom is 0.254 e. The summed E-state index contributed by atoms with van der Waals surface area (Å²) in [6.45, 7) is 1.22. The number of fused-ring (bicyclic) bond motifs is 3. The van der Waals surface area contributed by atoms with Crippen LogP contribution in [0.3, 0.4) is 0 Å². The average Bonchev–Trinajstić information content (AvgIpc) is 2.94. The molecule has 1 amide bonds. The zero-order valence-electron chi connectivity index (χ0n) is 12.9. The Morgan fingerprint density at radius 2 is 2.04 bits per heavy atom. The van der Waals surface area contributed by atoms with Gasteiger partial charge in [0.1, 0.15) is 0 Å². The molecule has 5 nitrogen and oxygen atoms in total. The van der Waals surface area contributed by atoms with Crippen LogP contribution >= 0.6 is 0 Å². The molecule has 23 heavy (non-hydrogen) atoms. The topological polar surface area (TPSA) is 58.1 Å². The normalized spacial score (nSPS) is 14.0. The van der Waals surface area contributed by atoms with Crippen molar-refractivity contribution in [2.75, 3.05) is 6.54 Å². The smallest absolute Gasteiger partial charge is 0.254 e. The third kappa shape index (κ3) is 2.25. The molecule has 0 fully saturated rings. The second-order valence-corrected chi connectivity index (χ2v) is 5.97. The standard InChI is InChI=1S/C18H17N3O2/c1-20-8-6-12(10-17(20)22)18(23)21-9-7-14-13-4-2-3-5-15(13)19-16(14)11-21/h2-6,8,10,19H,7,9,11H2,1H3. The molecule has 0 saturated heterocycles. The number of H-pyrrole nitrogens is 1. The molecule has 0 spiro atoms. The molecular weight excluding hydrogens is 290 g/mol. The summed E-state index contributed by atoms with van der Waals surface area (Å²) in [7, 11) is 1.67. The molecule has 0 radical (unpaired) electrons. The number of carbonyl (C=O) groups excluding carboxylic acids is 1. The number of carbonyl (C=O) groups is 1. The Bertz CT molecular complexity index is 968. The summed E-state index contributed by atoms with van der Waals surface area (Å²) < 4.78 is 1.46. The summed E-state index contributed by atoms with van der Waals surface area (Å²) in [5, 5.41) is 1.24. The van der Waals surface area contributed by atoms with Gasteiger partial charge < -0.3 is 14.5 Å². The molecule has 0 unspecified atom stereocenters. The van der Waals surface area contributed by atoms with E-state index in [9.17, 15) is 9.59 Å². The first-order valence-electron chi connectivity index (χ1n) is 7.68. The van der Waals surface area contributed by atoms with Crippen molar-refractivity contribution in [2.45, 2.75) is 13.0 Å². The predicted octanol–water partition coefficient (Wildman–Crippen LogP) is 2.07. The number of hydrogen-bond acceptors (Lipinski definition) is 2. The number of nitrogens with zero attached hydrogens (tertiary/aromatic N) is 2. The maximum absolute atomic E-state index is 12.7. The third-order valence-electron chi connectivity index (χ3n) is 4.52. The zero-order valence-corrected chi connectivity index (χ0v) is 12.9. The number of nitrogens with one attached hydrogen (secondary N) is 1. The second-order valence-electron chi connectivity index (χ2n) is 5.97. The lowest BCUT2D eigenvalue weighted by Crippen LogP contribution is -2.36. The fraction of sp³-hybridized carbons (Fsp3) is 0.222. The van der Waals surface area contributed by atoms with Gasteiger partial charge in [-0.3, -0.25) is 9.59 Å². The van der Waals surface area contributed by atoms with Gasteiger partial charge in [0.2, 0.25) is 0 Å². The van der Waals surface area contributed by atoms with E-state index in [-0.39, 0.29) is 11.5 Å². The highest BCUT2D eigenvalue weighted by atomic mass is 16.2. The lowest BCUT2D eigenvalue weighted by Gasteiger charge is -2.27. The van der Waals surface area contributed by atoms with Crippen molar-refractivity contribution >= 4 is 16.8 Å². The minimum atomic E-state index is -0.167. The van der Waals surface area contributed by atoms with Crippen LogP contribution in [0.5, 0.6) is 0 Å². The van der Waals surface area contributed by atoms with Crippen LogP contribution in [0, 0.1) is 0 Å². The van der Waals surface area contributed by atoms with Crippen LogP contribution in [-0.2, 0) is 20.0 Å². The molecule has 0 aliphatic carbocycles. The summed E-state index contributed by atoms with van der Waals surface area (Å²) in [5.41, 5.74) is 3.79. The minimum Gasteiger partial charge on any atom is -0.357 e. The second kappa shape index (κ2) is 5.12. The molecule has 3 aromatic rings. The molecule has 1 aliphatic rings. The zero-order chi connectivity index (χ0) is 16.0. The van der Waals surface area contributed by atoms with Gasteiger partial charge >= 0.3 is 0 Å². The summed E-state index contributed by atoms with van der Waals surface area (Å²) in [6, 6.07) is 11.3. The first kappa shape index (κ1) is 13.8. The number of benzene rings is 1. The Morgan fingerprint density at radius 1 is 1.22 bits per heavy atom. The van der Waals surface area contributed by atoms with Crippen molar-refractivity contribution < 1.29 is 4.79 Å². The number of aromatic amines is 1. The van der Waals surface area contributed by atoms with Crippen LogP contribution in [0.15, 0.2) is 47.4 Å². The highest BCUT2D eigenvalue weighted by Gasteiger charge is 2.24. The van der Waals surface area contributed by atoms with Gasteiger partial charge in [-0.15, -0.1) is 0 Å². The van der Waals surface area contributed by atoms with Crippen LogP contribution in [0.2, 0.25) is 0 Å². The van der Waals surface area contributed by atoms with Crippen molar-refractivity contribution in [3.05, 3.63) is 69.8 Å². The summed E-state index contributed by atoms with van der Waals surface area (Å²) in [4.78, 5) is 29.6. The van der Waals surface area contributed by atoms with Gasteiger partial charge in [0.15, 0.2) is 0 Å². The Kier molecular flexibility index (Phi) is 3.08. The Balaban J connectivity index is 1.66. The largest absolute Gasteiger partial charge is 0.357 e. The predicted molar refractivity (Wildman–Crippen MR) is 88.4 cm³/mol. The van der Waals surface area contributed by atoms with Gasteiger partial charge in [-0.05, 0) is 24.1 Å². The first-order chi connectivity index (χ1) is 11.1. The van der Waals surface area contributed by atoms with Gasteiger partial charge in [-0.1, -0.05) is 18.2 Å². The maximum atomic E-state index is 12.7. The minimum absolute atomic E-state index is 0.0907. The Morgan fingerprint density at radius 3 is 2.87 bits per heavy atom. The molecule has 0 saturated carbocycles. The van der Waals surface area contributed by atoms with E-state index in [1.54, 1.807) is 24.2 Å². The molecule has 3 heterocycles. The van der Waals surface area contributed by atoms with Crippen LogP contribution in [0.25, 0.3) is 10.9 Å². The fourth-order valence-electron chi connectivity index (χ4n) is 3.23. The number of rotatable bonds is 1. The number of para-hydroxylation sites is 1. The highest BCUT2D eigenvalue weighted by molar-refractivity contribution is 5.94. The van der Waals surface area contributed by atoms with Crippen LogP contribution in [0.4, 0.5) is 0 Å². The summed E-state index contributed by atoms with van der Waals surface area (Å²) >= 11 is 0. The van der Waals surface area contributed by atoms with Crippen molar-refractivity contribution in [3.63, 3.8) is 0 Å². The fourth-order valence-corrected chi connectivity index (χ4v) is 3.23. The van der Waals surface area contributed by atoms with Crippen molar-refractivity contribution in [1.82, 2.24) is 14.5 Å². The molecule has 116 valence electrons. The van der Waals surface area contributed by atoms with Gasteiger partial charge in [0.25, 0.3) is 11.5 Å². The van der Waals surface area contributed by atoms with Crippen LogP contribution < -0.4 is 5.56 Å². The molecule has 1 aliphatic heterocycles. The first-order valence-corrected chi connectivity index (χ1v) is 7.68. The van der Waals surface area contributed by atoms with Gasteiger partial charge in [0, 0.05) is 48.0 Å². The summed E-state index contributed by atoms with van der Waals surface area (Å²) in [5.74, 6) is -0.0907. The van der Waals surface area contributed by atoms with Crippen LogP contribution in [0.1, 0.15) is 21.6 Å².